The Morgan fingerprint density at radius 1 is 1.23 bits per heavy atom. The summed E-state index contributed by atoms with van der Waals surface area (Å²) in [4.78, 5) is 20.2. The van der Waals surface area contributed by atoms with E-state index in [2.05, 4.69) is 79.3 Å². The van der Waals surface area contributed by atoms with Crippen molar-refractivity contribution in [3.63, 3.8) is 0 Å². The average molecular weight is 401 g/mol. The molecule has 0 saturated carbocycles. The minimum Gasteiger partial charge on any atom is -0.352 e. The van der Waals surface area contributed by atoms with Crippen LogP contribution in [0.2, 0.25) is 0 Å². The molecule has 6 rings (SSSR count). The summed E-state index contributed by atoms with van der Waals surface area (Å²) in [5.41, 5.74) is 7.76. The van der Waals surface area contributed by atoms with Crippen molar-refractivity contribution in [2.24, 2.45) is 0 Å². The van der Waals surface area contributed by atoms with E-state index in [1.807, 2.05) is 0 Å². The van der Waals surface area contributed by atoms with Gasteiger partial charge in [0.2, 0.25) is 5.54 Å². The van der Waals surface area contributed by atoms with Gasteiger partial charge in [-0.1, -0.05) is 38.1 Å². The second-order valence-corrected chi connectivity index (χ2v) is 10.1. The molecule has 0 aliphatic carbocycles. The predicted molar refractivity (Wildman–Crippen MR) is 120 cm³/mol. The number of hydrogen-bond acceptors (Lipinski definition) is 1. The Morgan fingerprint density at radius 3 is 2.83 bits per heavy atom. The van der Waals surface area contributed by atoms with Crippen LogP contribution in [0.5, 0.6) is 0 Å². The molecule has 3 aromatic rings. The van der Waals surface area contributed by atoms with Gasteiger partial charge in [0.25, 0.3) is 5.91 Å². The van der Waals surface area contributed by atoms with Crippen molar-refractivity contribution in [1.29, 1.82) is 0 Å². The first kappa shape index (κ1) is 18.2. The number of aromatic amines is 1. The lowest BCUT2D eigenvalue weighted by Crippen LogP contribution is -2.99. The van der Waals surface area contributed by atoms with Crippen molar-refractivity contribution in [3.8, 4) is 0 Å². The van der Waals surface area contributed by atoms with Gasteiger partial charge < -0.3 is 10.3 Å². The zero-order chi connectivity index (χ0) is 20.8. The van der Waals surface area contributed by atoms with Crippen LogP contribution in [0.25, 0.3) is 10.9 Å². The van der Waals surface area contributed by atoms with Crippen molar-refractivity contribution in [2.75, 3.05) is 11.4 Å². The number of amides is 1. The quantitative estimate of drug-likeness (QED) is 0.643. The fraction of sp³-hybridized carbons (Fsp3) is 0.423. The molecular formula is C26H30N3O+. The van der Waals surface area contributed by atoms with Crippen LogP contribution in [0.4, 0.5) is 5.69 Å². The number of nitrogens with one attached hydrogen (secondary N) is 1. The van der Waals surface area contributed by atoms with Crippen LogP contribution in [-0.2, 0) is 23.2 Å². The van der Waals surface area contributed by atoms with Crippen LogP contribution in [0.1, 0.15) is 68.0 Å². The Kier molecular flexibility index (Phi) is 3.49. The summed E-state index contributed by atoms with van der Waals surface area (Å²) < 4.78 is 0. The summed E-state index contributed by atoms with van der Waals surface area (Å²) in [6, 6.07) is 13.2. The summed E-state index contributed by atoms with van der Waals surface area (Å²) in [6.45, 7) is 9.93. The number of para-hydroxylation sites is 1. The van der Waals surface area contributed by atoms with Crippen LogP contribution < -0.4 is 10.2 Å². The van der Waals surface area contributed by atoms with Gasteiger partial charge >= 0.3 is 0 Å². The number of fused-ring (bicyclic) bond motifs is 5. The van der Waals surface area contributed by atoms with E-state index < -0.39 is 5.54 Å². The Labute approximate surface area is 177 Å². The topological polar surface area (TPSA) is 52.7 Å². The first-order chi connectivity index (χ1) is 14.4. The number of rotatable bonds is 1. The molecule has 1 spiro atoms. The first-order valence-electron chi connectivity index (χ1n) is 11.3. The fourth-order valence-corrected chi connectivity index (χ4v) is 6.54. The van der Waals surface area contributed by atoms with Gasteiger partial charge in [-0.3, -0.25) is 9.69 Å². The highest BCUT2D eigenvalue weighted by Crippen LogP contribution is 2.55. The number of anilines is 1. The van der Waals surface area contributed by atoms with E-state index in [1.165, 1.54) is 33.3 Å². The van der Waals surface area contributed by atoms with E-state index >= 15 is 0 Å². The van der Waals surface area contributed by atoms with Gasteiger partial charge in [-0.2, -0.15) is 0 Å². The third-order valence-electron chi connectivity index (χ3n) is 7.79. The summed E-state index contributed by atoms with van der Waals surface area (Å²) in [7, 11) is 0. The van der Waals surface area contributed by atoms with Gasteiger partial charge in [-0.05, 0) is 61.4 Å². The zero-order valence-electron chi connectivity index (χ0n) is 18.3. The maximum atomic E-state index is 14.4. The lowest BCUT2D eigenvalue weighted by atomic mass is 9.78. The summed E-state index contributed by atoms with van der Waals surface area (Å²) in [6.07, 6.45) is 2.97. The van der Waals surface area contributed by atoms with E-state index in [-0.39, 0.29) is 11.4 Å². The fourth-order valence-electron chi connectivity index (χ4n) is 6.54. The predicted octanol–water partition coefficient (Wildman–Crippen LogP) is 3.73. The van der Waals surface area contributed by atoms with Crippen LogP contribution >= 0.6 is 0 Å². The second-order valence-electron chi connectivity index (χ2n) is 10.1. The molecule has 1 aromatic heterocycles. The van der Waals surface area contributed by atoms with Crippen molar-refractivity contribution in [3.05, 3.63) is 64.3 Å². The maximum Gasteiger partial charge on any atom is 0.300 e. The van der Waals surface area contributed by atoms with Gasteiger partial charge in [0.1, 0.15) is 0 Å². The maximum absolute atomic E-state index is 14.4. The molecule has 2 aromatic carbocycles. The van der Waals surface area contributed by atoms with Crippen LogP contribution in [0, 0.1) is 0 Å². The Hall–Kier alpha value is -2.59. The zero-order valence-corrected chi connectivity index (χ0v) is 18.3. The minimum absolute atomic E-state index is 0.188. The van der Waals surface area contributed by atoms with Crippen molar-refractivity contribution < 1.29 is 10.1 Å². The van der Waals surface area contributed by atoms with Gasteiger partial charge in [0.05, 0.1) is 23.5 Å². The van der Waals surface area contributed by atoms with E-state index in [9.17, 15) is 4.79 Å². The van der Waals surface area contributed by atoms with Gasteiger partial charge in [0, 0.05) is 22.9 Å². The molecular weight excluding hydrogens is 370 g/mol. The number of benzene rings is 2. The van der Waals surface area contributed by atoms with Crippen LogP contribution in [0.15, 0.2) is 36.4 Å². The molecule has 1 amide bonds. The average Bonchev–Trinajstić information content (AvgIpc) is 3.22. The highest BCUT2D eigenvalue weighted by molar-refractivity contribution is 6.12. The Bertz CT molecular complexity index is 1220. The number of aromatic nitrogens is 1. The number of carbonyl (C=O) groups excluding carboxylic acids is 1. The SMILES string of the molecule is CCc1cc2c3c(c1)[C@@]1([NH2+]CCc4c1[nH]c1ccccc41)C(=O)N3C(C)(C)C[C@@H]2C. The highest BCUT2D eigenvalue weighted by Gasteiger charge is 2.63. The molecule has 0 unspecified atom stereocenters. The van der Waals surface area contributed by atoms with Crippen LogP contribution in [0.3, 0.4) is 0 Å². The molecule has 4 heteroatoms. The van der Waals surface area contributed by atoms with E-state index in [1.54, 1.807) is 0 Å². The van der Waals surface area contributed by atoms with Crippen molar-refractivity contribution >= 4 is 22.5 Å². The number of H-pyrrole nitrogens is 1. The Balaban J connectivity index is 1.73. The molecule has 3 aliphatic heterocycles. The molecule has 30 heavy (non-hydrogen) atoms. The van der Waals surface area contributed by atoms with E-state index in [0.29, 0.717) is 5.92 Å². The van der Waals surface area contributed by atoms with Gasteiger partial charge in [-0.15, -0.1) is 0 Å². The van der Waals surface area contributed by atoms with Gasteiger partial charge in [-0.25, -0.2) is 0 Å². The van der Waals surface area contributed by atoms with E-state index in [4.69, 9.17) is 0 Å². The normalized spacial score (nSPS) is 26.3. The first-order valence-corrected chi connectivity index (χ1v) is 11.3. The summed E-state index contributed by atoms with van der Waals surface area (Å²) in [5.74, 6) is 0.682. The molecule has 0 fully saturated rings. The number of quaternary nitrogens is 1. The largest absolute Gasteiger partial charge is 0.352 e. The molecule has 0 radical (unpaired) electrons. The second kappa shape index (κ2) is 5.76. The van der Waals surface area contributed by atoms with Crippen LogP contribution in [-0.4, -0.2) is 23.0 Å². The molecule has 4 nitrogen and oxygen atoms in total. The molecule has 3 aliphatic rings. The molecule has 154 valence electrons. The number of nitrogens with two attached hydrogens (primary N) is 1. The third kappa shape index (κ3) is 2.03. The van der Waals surface area contributed by atoms with Crippen molar-refractivity contribution in [2.45, 2.75) is 64.0 Å². The number of hydrogen-bond donors (Lipinski definition) is 2. The summed E-state index contributed by atoms with van der Waals surface area (Å²) in [5, 5.41) is 3.57. The molecule has 0 bridgehead atoms. The molecule has 3 N–H and O–H groups in total. The lowest BCUT2D eigenvalue weighted by molar-refractivity contribution is -0.714. The Morgan fingerprint density at radius 2 is 2.03 bits per heavy atom. The lowest BCUT2D eigenvalue weighted by Gasteiger charge is -2.44. The van der Waals surface area contributed by atoms with Crippen molar-refractivity contribution in [1.82, 2.24) is 4.98 Å². The monoisotopic (exact) mass is 400 g/mol. The minimum atomic E-state index is -0.691. The van der Waals surface area contributed by atoms with Gasteiger partial charge in [0.15, 0.2) is 0 Å². The standard InChI is InChI=1S/C26H29N3O/c1-5-16-12-19-15(2)14-25(3,4)29-22(19)20(13-16)26(24(29)30)23-18(10-11-27-26)17-8-6-7-9-21(17)28-23/h6-9,12-13,15,27-28H,5,10-11,14H2,1-4H3/p+1/t15-,26-/m0/s1. The highest BCUT2D eigenvalue weighted by atomic mass is 16.2. The molecule has 0 saturated heterocycles. The third-order valence-corrected chi connectivity index (χ3v) is 7.79. The number of nitrogens with zero attached hydrogens (tertiary/aromatic N) is 1. The number of carbonyl (C=O) groups is 1. The summed E-state index contributed by atoms with van der Waals surface area (Å²) >= 11 is 0. The molecule has 4 heterocycles. The number of aryl methyl sites for hydroxylation is 1. The molecule has 2 atom stereocenters. The van der Waals surface area contributed by atoms with E-state index in [0.717, 1.165) is 37.0 Å². The smallest absolute Gasteiger partial charge is 0.300 e.